The van der Waals surface area contributed by atoms with E-state index in [0.717, 1.165) is 62.4 Å². The van der Waals surface area contributed by atoms with Crippen molar-refractivity contribution < 1.29 is 19.1 Å². The summed E-state index contributed by atoms with van der Waals surface area (Å²) in [7, 11) is 3.35. The molecule has 2 amide bonds. The van der Waals surface area contributed by atoms with Gasteiger partial charge in [-0.2, -0.15) is 0 Å². The molecule has 7 nitrogen and oxygen atoms in total. The van der Waals surface area contributed by atoms with E-state index in [0.29, 0.717) is 24.6 Å². The summed E-state index contributed by atoms with van der Waals surface area (Å²) < 4.78 is 10.9. The van der Waals surface area contributed by atoms with Crippen LogP contribution < -0.4 is 9.47 Å². The molecular weight excluding hydrogens is 454 g/mol. The van der Waals surface area contributed by atoms with Crippen LogP contribution in [0.25, 0.3) is 0 Å². The van der Waals surface area contributed by atoms with Crippen LogP contribution in [0.3, 0.4) is 0 Å². The number of likely N-dealkylation sites (tertiary alicyclic amines) is 1. The largest absolute Gasteiger partial charge is 0.497 e. The third kappa shape index (κ3) is 4.94. The van der Waals surface area contributed by atoms with Gasteiger partial charge in [0.25, 0.3) is 5.91 Å². The standard InChI is InChI=1S/C29H37N3O4/c1-35-24-12-13-27(36-2)23(18-24)20-30-14-16-31(17-15-30)29(34)26-19-22-10-6-7-11-25(22)32(26)28(33)21-8-4-3-5-9-21/h3-5,8-9,12-13,18,22,25-26H,6-7,10-11,14-17,19-20H2,1-2H3. The van der Waals surface area contributed by atoms with Gasteiger partial charge in [-0.25, -0.2) is 0 Å². The summed E-state index contributed by atoms with van der Waals surface area (Å²) >= 11 is 0. The Morgan fingerprint density at radius 2 is 1.67 bits per heavy atom. The molecule has 1 saturated carbocycles. The number of hydrogen-bond acceptors (Lipinski definition) is 5. The van der Waals surface area contributed by atoms with Crippen LogP contribution in [0.4, 0.5) is 0 Å². The van der Waals surface area contributed by atoms with Crippen molar-refractivity contribution >= 4 is 11.8 Å². The molecule has 2 aromatic carbocycles. The van der Waals surface area contributed by atoms with Crippen LogP contribution in [0.15, 0.2) is 48.5 Å². The van der Waals surface area contributed by atoms with E-state index in [-0.39, 0.29) is 23.9 Å². The fourth-order valence-corrected chi connectivity index (χ4v) is 6.29. The van der Waals surface area contributed by atoms with Gasteiger partial charge in [0.2, 0.25) is 5.91 Å². The Morgan fingerprint density at radius 1 is 0.917 bits per heavy atom. The van der Waals surface area contributed by atoms with E-state index in [9.17, 15) is 9.59 Å². The molecular formula is C29H37N3O4. The lowest BCUT2D eigenvalue weighted by molar-refractivity contribution is -0.137. The van der Waals surface area contributed by atoms with E-state index in [2.05, 4.69) is 4.90 Å². The number of fused-ring (bicyclic) bond motifs is 1. The number of hydrogen-bond donors (Lipinski definition) is 0. The minimum Gasteiger partial charge on any atom is -0.497 e. The first-order valence-electron chi connectivity index (χ1n) is 13.2. The zero-order valence-corrected chi connectivity index (χ0v) is 21.4. The molecule has 0 aromatic heterocycles. The maximum absolute atomic E-state index is 13.8. The lowest BCUT2D eigenvalue weighted by Gasteiger charge is -2.38. The Hall–Kier alpha value is -3.06. The summed E-state index contributed by atoms with van der Waals surface area (Å²) in [5.74, 6) is 2.21. The third-order valence-corrected chi connectivity index (χ3v) is 8.19. The molecule has 36 heavy (non-hydrogen) atoms. The van der Waals surface area contributed by atoms with E-state index < -0.39 is 0 Å². The highest BCUT2D eigenvalue weighted by molar-refractivity contribution is 5.98. The molecule has 0 N–H and O–H groups in total. The normalized spacial score (nSPS) is 24.3. The molecule has 0 spiro atoms. The molecule has 2 saturated heterocycles. The number of ether oxygens (including phenoxy) is 2. The van der Waals surface area contributed by atoms with Gasteiger partial charge in [-0.3, -0.25) is 14.5 Å². The lowest BCUT2D eigenvalue weighted by Crippen LogP contribution is -2.55. The third-order valence-electron chi connectivity index (χ3n) is 8.19. The number of rotatable bonds is 6. The number of benzene rings is 2. The molecule has 2 aliphatic heterocycles. The van der Waals surface area contributed by atoms with Gasteiger partial charge in [-0.1, -0.05) is 31.0 Å². The van der Waals surface area contributed by atoms with Crippen LogP contribution in [0, 0.1) is 5.92 Å². The quantitative estimate of drug-likeness (QED) is 0.615. The second kappa shape index (κ2) is 10.9. The van der Waals surface area contributed by atoms with Crippen molar-refractivity contribution in [1.29, 1.82) is 0 Å². The summed E-state index contributed by atoms with van der Waals surface area (Å²) in [6.45, 7) is 3.67. The second-order valence-electron chi connectivity index (χ2n) is 10.2. The van der Waals surface area contributed by atoms with E-state index >= 15 is 0 Å². The van der Waals surface area contributed by atoms with Crippen molar-refractivity contribution in [3.8, 4) is 11.5 Å². The highest BCUT2D eigenvalue weighted by atomic mass is 16.5. The van der Waals surface area contributed by atoms with Gasteiger partial charge in [-0.15, -0.1) is 0 Å². The monoisotopic (exact) mass is 491 g/mol. The summed E-state index contributed by atoms with van der Waals surface area (Å²) in [6, 6.07) is 15.1. The fraction of sp³-hybridized carbons (Fsp3) is 0.517. The predicted octanol–water partition coefficient (Wildman–Crippen LogP) is 3.82. The molecule has 0 radical (unpaired) electrons. The number of nitrogens with zero attached hydrogens (tertiary/aromatic N) is 3. The van der Waals surface area contributed by atoms with Gasteiger partial charge in [-0.05, 0) is 55.5 Å². The van der Waals surface area contributed by atoms with Crippen LogP contribution >= 0.6 is 0 Å². The van der Waals surface area contributed by atoms with Crippen molar-refractivity contribution in [3.05, 3.63) is 59.7 Å². The molecule has 2 aromatic rings. The molecule has 3 fully saturated rings. The Kier molecular flexibility index (Phi) is 7.46. The highest BCUT2D eigenvalue weighted by Gasteiger charge is 2.48. The van der Waals surface area contributed by atoms with Crippen LogP contribution in [0.2, 0.25) is 0 Å². The zero-order valence-electron chi connectivity index (χ0n) is 21.4. The Labute approximate surface area is 214 Å². The molecule has 3 aliphatic rings. The topological polar surface area (TPSA) is 62.3 Å². The molecule has 1 aliphatic carbocycles. The van der Waals surface area contributed by atoms with Crippen molar-refractivity contribution in [2.75, 3.05) is 40.4 Å². The Balaban J connectivity index is 1.26. The van der Waals surface area contributed by atoms with E-state index in [1.807, 2.05) is 58.3 Å². The van der Waals surface area contributed by atoms with Crippen LogP contribution in [0.5, 0.6) is 11.5 Å². The summed E-state index contributed by atoms with van der Waals surface area (Å²) in [6.07, 6.45) is 5.24. The van der Waals surface area contributed by atoms with Gasteiger partial charge in [0.1, 0.15) is 17.5 Å². The number of amides is 2. The predicted molar refractivity (Wildman–Crippen MR) is 138 cm³/mol. The van der Waals surface area contributed by atoms with Crippen molar-refractivity contribution in [2.45, 2.75) is 50.7 Å². The van der Waals surface area contributed by atoms with E-state index in [1.54, 1.807) is 14.2 Å². The number of carbonyl (C=O) groups excluding carboxylic acids is 2. The first-order chi connectivity index (χ1) is 17.6. The highest BCUT2D eigenvalue weighted by Crippen LogP contribution is 2.41. The van der Waals surface area contributed by atoms with Crippen molar-refractivity contribution in [1.82, 2.24) is 14.7 Å². The van der Waals surface area contributed by atoms with Gasteiger partial charge in [0.15, 0.2) is 0 Å². The molecule has 3 atom stereocenters. The average Bonchev–Trinajstić information content (AvgIpc) is 3.32. The van der Waals surface area contributed by atoms with Crippen molar-refractivity contribution in [3.63, 3.8) is 0 Å². The molecule has 5 rings (SSSR count). The number of piperazine rings is 1. The Morgan fingerprint density at radius 3 is 2.39 bits per heavy atom. The minimum absolute atomic E-state index is 0.00658. The van der Waals surface area contributed by atoms with Crippen molar-refractivity contribution in [2.24, 2.45) is 5.92 Å². The van der Waals surface area contributed by atoms with Gasteiger partial charge in [0, 0.05) is 49.9 Å². The molecule has 7 heteroatoms. The van der Waals surface area contributed by atoms with Gasteiger partial charge >= 0.3 is 0 Å². The SMILES string of the molecule is COc1ccc(OC)c(CN2CCN(C(=O)C3CC4CCCCC4N3C(=O)c3ccccc3)CC2)c1. The summed E-state index contributed by atoms with van der Waals surface area (Å²) in [5, 5.41) is 0. The van der Waals surface area contributed by atoms with Crippen LogP contribution in [0.1, 0.15) is 48.0 Å². The molecule has 2 heterocycles. The van der Waals surface area contributed by atoms with E-state index in [1.165, 1.54) is 6.42 Å². The van der Waals surface area contributed by atoms with Crippen LogP contribution in [-0.4, -0.2) is 79.0 Å². The molecule has 3 unspecified atom stereocenters. The summed E-state index contributed by atoms with van der Waals surface area (Å²) in [5.41, 5.74) is 1.76. The first-order valence-corrected chi connectivity index (χ1v) is 13.2. The fourth-order valence-electron chi connectivity index (χ4n) is 6.29. The van der Waals surface area contributed by atoms with Gasteiger partial charge in [0.05, 0.1) is 14.2 Å². The Bertz CT molecular complexity index is 1070. The summed E-state index contributed by atoms with van der Waals surface area (Å²) in [4.78, 5) is 33.7. The second-order valence-corrected chi connectivity index (χ2v) is 10.2. The van der Waals surface area contributed by atoms with E-state index in [4.69, 9.17) is 9.47 Å². The first kappa shape index (κ1) is 24.6. The molecule has 192 valence electrons. The van der Waals surface area contributed by atoms with Crippen LogP contribution in [-0.2, 0) is 11.3 Å². The number of methoxy groups -OCH3 is 2. The number of carbonyl (C=O) groups is 2. The maximum Gasteiger partial charge on any atom is 0.254 e. The van der Waals surface area contributed by atoms with Gasteiger partial charge < -0.3 is 19.3 Å². The molecule has 0 bridgehead atoms. The minimum atomic E-state index is -0.351. The lowest BCUT2D eigenvalue weighted by atomic mass is 9.84. The zero-order chi connectivity index (χ0) is 25.1. The smallest absolute Gasteiger partial charge is 0.254 e. The maximum atomic E-state index is 13.8. The average molecular weight is 492 g/mol.